The molecule has 1 fully saturated rings. The SMILES string of the molecule is COC(=O)C1CCCC(C(=O)OC)N1.Cl. The number of rotatable bonds is 2. The average molecular weight is 238 g/mol. The summed E-state index contributed by atoms with van der Waals surface area (Å²) in [6, 6.07) is -0.754. The Balaban J connectivity index is 0.00000196. The van der Waals surface area contributed by atoms with Crippen molar-refractivity contribution in [3.8, 4) is 0 Å². The topological polar surface area (TPSA) is 64.6 Å². The Kier molecular flexibility index (Phi) is 6.27. The van der Waals surface area contributed by atoms with E-state index in [-0.39, 0.29) is 36.4 Å². The Labute approximate surface area is 94.9 Å². The minimum absolute atomic E-state index is 0. The molecule has 0 aliphatic carbocycles. The van der Waals surface area contributed by atoms with Gasteiger partial charge in [-0.1, -0.05) is 0 Å². The van der Waals surface area contributed by atoms with Crippen LogP contribution in [0.25, 0.3) is 0 Å². The normalized spacial score (nSPS) is 24.9. The first-order valence-corrected chi connectivity index (χ1v) is 4.60. The van der Waals surface area contributed by atoms with Crippen molar-refractivity contribution in [1.29, 1.82) is 0 Å². The third-order valence-electron chi connectivity index (χ3n) is 2.36. The lowest BCUT2D eigenvalue weighted by molar-refractivity contribution is -0.148. The van der Waals surface area contributed by atoms with E-state index in [9.17, 15) is 9.59 Å². The van der Waals surface area contributed by atoms with Crippen LogP contribution in [0, 0.1) is 0 Å². The third kappa shape index (κ3) is 3.68. The molecule has 5 nitrogen and oxygen atoms in total. The molecule has 0 radical (unpaired) electrons. The molecule has 1 rings (SSSR count). The van der Waals surface area contributed by atoms with Crippen molar-refractivity contribution in [2.75, 3.05) is 14.2 Å². The fourth-order valence-corrected chi connectivity index (χ4v) is 1.59. The van der Waals surface area contributed by atoms with Crippen molar-refractivity contribution < 1.29 is 19.1 Å². The van der Waals surface area contributed by atoms with Crippen LogP contribution in [0.5, 0.6) is 0 Å². The molecule has 1 N–H and O–H groups in total. The van der Waals surface area contributed by atoms with Gasteiger partial charge in [0.05, 0.1) is 14.2 Å². The van der Waals surface area contributed by atoms with Crippen LogP contribution in [0.15, 0.2) is 0 Å². The largest absolute Gasteiger partial charge is 0.468 e. The summed E-state index contributed by atoms with van der Waals surface area (Å²) < 4.78 is 9.20. The Morgan fingerprint density at radius 2 is 1.47 bits per heavy atom. The molecule has 0 bridgehead atoms. The van der Waals surface area contributed by atoms with Gasteiger partial charge in [-0.3, -0.25) is 14.9 Å². The molecule has 1 aliphatic rings. The summed E-state index contributed by atoms with van der Waals surface area (Å²) in [4.78, 5) is 22.4. The number of esters is 2. The van der Waals surface area contributed by atoms with Crippen LogP contribution in [0.2, 0.25) is 0 Å². The van der Waals surface area contributed by atoms with Crippen LogP contribution in [-0.4, -0.2) is 38.2 Å². The van der Waals surface area contributed by atoms with Gasteiger partial charge in [0, 0.05) is 0 Å². The average Bonchev–Trinajstić information content (AvgIpc) is 2.27. The van der Waals surface area contributed by atoms with E-state index in [0.29, 0.717) is 12.8 Å². The predicted octanol–water partition coefficient (Wildman–Crippen LogP) is 0.265. The lowest BCUT2D eigenvalue weighted by atomic mass is 9.99. The van der Waals surface area contributed by atoms with Gasteiger partial charge in [0.2, 0.25) is 0 Å². The summed E-state index contributed by atoms with van der Waals surface area (Å²) in [5.74, 6) is -0.641. The van der Waals surface area contributed by atoms with Crippen LogP contribution in [0.3, 0.4) is 0 Å². The standard InChI is InChI=1S/C9H15NO4.ClH/c1-13-8(11)6-4-3-5-7(10-6)9(12)14-2;/h6-7,10H,3-5H2,1-2H3;1H. The molecular weight excluding hydrogens is 222 g/mol. The molecule has 0 spiro atoms. The van der Waals surface area contributed by atoms with E-state index in [1.807, 2.05) is 0 Å². The van der Waals surface area contributed by atoms with Gasteiger partial charge in [-0.2, -0.15) is 0 Å². The molecule has 0 amide bonds. The molecule has 2 unspecified atom stereocenters. The fraction of sp³-hybridized carbons (Fsp3) is 0.778. The molecule has 0 aromatic rings. The molecular formula is C9H16ClNO4. The Hall–Kier alpha value is -0.810. The first kappa shape index (κ1) is 14.2. The van der Waals surface area contributed by atoms with Crippen molar-refractivity contribution in [3.63, 3.8) is 0 Å². The van der Waals surface area contributed by atoms with Crippen molar-refractivity contribution in [3.05, 3.63) is 0 Å². The zero-order valence-electron chi connectivity index (χ0n) is 8.82. The van der Waals surface area contributed by atoms with Gasteiger partial charge in [-0.15, -0.1) is 12.4 Å². The second kappa shape index (κ2) is 6.63. The monoisotopic (exact) mass is 237 g/mol. The van der Waals surface area contributed by atoms with Gasteiger partial charge >= 0.3 is 11.9 Å². The van der Waals surface area contributed by atoms with E-state index in [2.05, 4.69) is 14.8 Å². The third-order valence-corrected chi connectivity index (χ3v) is 2.36. The Morgan fingerprint density at radius 3 is 1.80 bits per heavy atom. The number of hydrogen-bond donors (Lipinski definition) is 1. The maximum atomic E-state index is 11.2. The van der Waals surface area contributed by atoms with Crippen molar-refractivity contribution in [1.82, 2.24) is 5.32 Å². The summed E-state index contributed by atoms with van der Waals surface area (Å²) in [5.41, 5.74) is 0. The maximum absolute atomic E-state index is 11.2. The molecule has 2 atom stereocenters. The zero-order valence-corrected chi connectivity index (χ0v) is 9.63. The van der Waals surface area contributed by atoms with Gasteiger partial charge in [0.1, 0.15) is 12.1 Å². The Morgan fingerprint density at radius 1 is 1.07 bits per heavy atom. The van der Waals surface area contributed by atoms with Gasteiger partial charge in [0.15, 0.2) is 0 Å². The highest BCUT2D eigenvalue weighted by atomic mass is 35.5. The van der Waals surface area contributed by atoms with Crippen LogP contribution in [-0.2, 0) is 19.1 Å². The number of halogens is 1. The van der Waals surface area contributed by atoms with E-state index >= 15 is 0 Å². The van der Waals surface area contributed by atoms with E-state index in [1.54, 1.807) is 0 Å². The van der Waals surface area contributed by atoms with Crippen LogP contribution < -0.4 is 5.32 Å². The summed E-state index contributed by atoms with van der Waals surface area (Å²) in [6.07, 6.45) is 2.24. The summed E-state index contributed by atoms with van der Waals surface area (Å²) in [7, 11) is 2.68. The van der Waals surface area contributed by atoms with Crippen LogP contribution in [0.4, 0.5) is 0 Å². The summed E-state index contributed by atoms with van der Waals surface area (Å²) >= 11 is 0. The molecule has 1 saturated heterocycles. The highest BCUT2D eigenvalue weighted by molar-refractivity contribution is 5.85. The second-order valence-electron chi connectivity index (χ2n) is 3.25. The van der Waals surface area contributed by atoms with Crippen molar-refractivity contribution in [2.24, 2.45) is 0 Å². The molecule has 0 aromatic heterocycles. The first-order chi connectivity index (χ1) is 6.69. The lowest BCUT2D eigenvalue weighted by Crippen LogP contribution is -2.50. The summed E-state index contributed by atoms with van der Waals surface area (Å²) in [5, 5.41) is 2.91. The zero-order chi connectivity index (χ0) is 10.6. The van der Waals surface area contributed by atoms with Gasteiger partial charge in [-0.25, -0.2) is 0 Å². The number of piperidine rings is 1. The predicted molar refractivity (Wildman–Crippen MR) is 55.8 cm³/mol. The lowest BCUT2D eigenvalue weighted by Gasteiger charge is -2.27. The fourth-order valence-electron chi connectivity index (χ4n) is 1.59. The maximum Gasteiger partial charge on any atom is 0.322 e. The molecule has 0 aromatic carbocycles. The number of carbonyl (C=O) groups excluding carboxylic acids is 2. The van der Waals surface area contributed by atoms with Crippen LogP contribution in [0.1, 0.15) is 19.3 Å². The second-order valence-corrected chi connectivity index (χ2v) is 3.25. The minimum atomic E-state index is -0.377. The Bertz CT molecular complexity index is 212. The molecule has 88 valence electrons. The number of methoxy groups -OCH3 is 2. The van der Waals surface area contributed by atoms with Gasteiger partial charge in [-0.05, 0) is 19.3 Å². The number of hydrogen-bond acceptors (Lipinski definition) is 5. The smallest absolute Gasteiger partial charge is 0.322 e. The minimum Gasteiger partial charge on any atom is -0.468 e. The van der Waals surface area contributed by atoms with Crippen molar-refractivity contribution in [2.45, 2.75) is 31.3 Å². The van der Waals surface area contributed by atoms with E-state index in [1.165, 1.54) is 14.2 Å². The summed E-state index contributed by atoms with van der Waals surface area (Å²) in [6.45, 7) is 0. The van der Waals surface area contributed by atoms with Crippen LogP contribution >= 0.6 is 12.4 Å². The van der Waals surface area contributed by atoms with Crippen molar-refractivity contribution >= 4 is 24.3 Å². The quantitative estimate of drug-likeness (QED) is 0.699. The number of nitrogens with one attached hydrogen (secondary N) is 1. The molecule has 0 saturated carbocycles. The first-order valence-electron chi connectivity index (χ1n) is 4.60. The molecule has 6 heteroatoms. The number of carbonyl (C=O) groups is 2. The highest BCUT2D eigenvalue weighted by Crippen LogP contribution is 2.14. The molecule has 1 aliphatic heterocycles. The van der Waals surface area contributed by atoms with E-state index in [4.69, 9.17) is 0 Å². The van der Waals surface area contributed by atoms with Gasteiger partial charge in [0.25, 0.3) is 0 Å². The number of ether oxygens (including phenoxy) is 2. The van der Waals surface area contributed by atoms with E-state index < -0.39 is 0 Å². The molecule has 1 heterocycles. The highest BCUT2D eigenvalue weighted by Gasteiger charge is 2.31. The van der Waals surface area contributed by atoms with Gasteiger partial charge < -0.3 is 9.47 Å². The molecule has 15 heavy (non-hydrogen) atoms. The van der Waals surface area contributed by atoms with E-state index in [0.717, 1.165) is 6.42 Å².